The molecule has 0 fully saturated rings. The van der Waals surface area contributed by atoms with Crippen LogP contribution in [0.5, 0.6) is 0 Å². The molecule has 0 aliphatic heterocycles. The second-order valence-corrected chi connectivity index (χ2v) is 3.30. The quantitative estimate of drug-likeness (QED) is 0.843. The highest BCUT2D eigenvalue weighted by atomic mass is 79.9. The Kier molecular flexibility index (Phi) is 3.05. The molecular formula is C8H6BrF2NO2. The molecule has 0 N–H and O–H groups in total. The normalized spacial score (nSPS) is 10.6. The lowest BCUT2D eigenvalue weighted by Gasteiger charge is -2.00. The van der Waals surface area contributed by atoms with Gasteiger partial charge in [-0.05, 0) is 22.0 Å². The maximum absolute atomic E-state index is 12.4. The van der Waals surface area contributed by atoms with Gasteiger partial charge in [0.1, 0.15) is 0 Å². The number of rotatable bonds is 3. The van der Waals surface area contributed by atoms with Crippen molar-refractivity contribution in [1.29, 1.82) is 0 Å². The maximum atomic E-state index is 12.4. The van der Waals surface area contributed by atoms with E-state index >= 15 is 0 Å². The first kappa shape index (κ1) is 10.9. The van der Waals surface area contributed by atoms with E-state index in [4.69, 9.17) is 0 Å². The molecule has 3 nitrogen and oxygen atoms in total. The van der Waals surface area contributed by atoms with Crippen LogP contribution in [0.3, 0.4) is 0 Å². The first-order valence-electron chi connectivity index (χ1n) is 3.49. The molecule has 0 bridgehead atoms. The molecule has 6 heteroatoms. The van der Waals surface area contributed by atoms with Crippen LogP contribution in [-0.4, -0.2) is 4.57 Å². The van der Waals surface area contributed by atoms with Crippen LogP contribution in [-0.2, 0) is 0 Å². The summed E-state index contributed by atoms with van der Waals surface area (Å²) in [5, 5.41) is 0. The first-order valence-corrected chi connectivity index (χ1v) is 4.29. The highest BCUT2D eigenvalue weighted by Gasteiger charge is 2.21. The average molecular weight is 266 g/mol. The van der Waals surface area contributed by atoms with Crippen LogP contribution in [0.1, 0.15) is 18.0 Å². The molecule has 0 atom stereocenters. The standard InChI is InChI=1S/C8H6BrF2NO2/c1-3-5-6(4(2)9)14-8(13)12(5)7(10)11/h3,7H,1-2H2. The van der Waals surface area contributed by atoms with Crippen LogP contribution in [0.25, 0.3) is 10.6 Å². The fraction of sp³-hybridized carbons (Fsp3) is 0.125. The van der Waals surface area contributed by atoms with Gasteiger partial charge in [-0.3, -0.25) is 0 Å². The summed E-state index contributed by atoms with van der Waals surface area (Å²) in [6.07, 6.45) is 1.11. The minimum absolute atomic E-state index is 0.0368. The minimum Gasteiger partial charge on any atom is -0.406 e. The van der Waals surface area contributed by atoms with Crippen molar-refractivity contribution in [3.63, 3.8) is 0 Å². The number of halogens is 3. The fourth-order valence-corrected chi connectivity index (χ4v) is 1.25. The van der Waals surface area contributed by atoms with E-state index in [1.165, 1.54) is 0 Å². The van der Waals surface area contributed by atoms with E-state index in [1.807, 2.05) is 0 Å². The van der Waals surface area contributed by atoms with Crippen molar-refractivity contribution in [1.82, 2.24) is 4.57 Å². The lowest BCUT2D eigenvalue weighted by Crippen LogP contribution is -2.16. The van der Waals surface area contributed by atoms with Crippen molar-refractivity contribution < 1.29 is 13.2 Å². The van der Waals surface area contributed by atoms with E-state index in [2.05, 4.69) is 33.5 Å². The van der Waals surface area contributed by atoms with Crippen LogP contribution in [0.15, 0.2) is 22.4 Å². The predicted molar refractivity (Wildman–Crippen MR) is 52.3 cm³/mol. The molecule has 0 spiro atoms. The molecule has 1 aromatic heterocycles. The molecule has 1 aromatic rings. The topological polar surface area (TPSA) is 35.1 Å². The van der Waals surface area contributed by atoms with E-state index in [9.17, 15) is 13.6 Å². The second kappa shape index (κ2) is 3.91. The third-order valence-electron chi connectivity index (χ3n) is 1.51. The van der Waals surface area contributed by atoms with E-state index < -0.39 is 12.3 Å². The van der Waals surface area contributed by atoms with Crippen molar-refractivity contribution >= 4 is 26.5 Å². The molecule has 0 saturated heterocycles. The van der Waals surface area contributed by atoms with Gasteiger partial charge in [0, 0.05) is 0 Å². The molecule has 0 aromatic carbocycles. The van der Waals surface area contributed by atoms with Crippen molar-refractivity contribution in [2.75, 3.05) is 0 Å². The van der Waals surface area contributed by atoms with E-state index in [1.54, 1.807) is 0 Å². The number of alkyl halides is 2. The monoisotopic (exact) mass is 265 g/mol. The third kappa shape index (κ3) is 1.70. The SMILES string of the molecule is C=Cc1c(C(=C)Br)oc(=O)n1C(F)F. The van der Waals surface area contributed by atoms with Gasteiger partial charge in [-0.25, -0.2) is 9.36 Å². The predicted octanol–water partition coefficient (Wildman–Crippen LogP) is 2.85. The third-order valence-corrected chi connectivity index (χ3v) is 1.87. The van der Waals surface area contributed by atoms with E-state index in [-0.39, 0.29) is 20.5 Å². The number of oxazole rings is 1. The van der Waals surface area contributed by atoms with E-state index in [0.29, 0.717) is 0 Å². The highest BCUT2D eigenvalue weighted by molar-refractivity contribution is 9.15. The van der Waals surface area contributed by atoms with Gasteiger partial charge in [0.15, 0.2) is 5.76 Å². The van der Waals surface area contributed by atoms with Gasteiger partial charge in [0.05, 0.1) is 10.2 Å². The van der Waals surface area contributed by atoms with Crippen LogP contribution in [0.4, 0.5) is 8.78 Å². The van der Waals surface area contributed by atoms with Gasteiger partial charge < -0.3 is 4.42 Å². The van der Waals surface area contributed by atoms with Crippen LogP contribution >= 0.6 is 15.9 Å². The van der Waals surface area contributed by atoms with Gasteiger partial charge in [-0.2, -0.15) is 8.78 Å². The number of nitrogens with zero attached hydrogens (tertiary/aromatic N) is 1. The Morgan fingerprint density at radius 1 is 1.64 bits per heavy atom. The maximum Gasteiger partial charge on any atom is 0.424 e. The molecule has 14 heavy (non-hydrogen) atoms. The summed E-state index contributed by atoms with van der Waals surface area (Å²) in [6.45, 7) is 3.78. The van der Waals surface area contributed by atoms with Crippen LogP contribution in [0, 0.1) is 0 Å². The molecule has 0 saturated carbocycles. The van der Waals surface area contributed by atoms with Gasteiger partial charge in [-0.15, -0.1) is 0 Å². The Morgan fingerprint density at radius 2 is 2.21 bits per heavy atom. The second-order valence-electron chi connectivity index (χ2n) is 2.34. The number of hydrogen-bond acceptors (Lipinski definition) is 2. The van der Waals surface area contributed by atoms with Gasteiger partial charge in [-0.1, -0.05) is 13.2 Å². The van der Waals surface area contributed by atoms with Crippen molar-refractivity contribution in [3.05, 3.63) is 35.2 Å². The summed E-state index contributed by atoms with van der Waals surface area (Å²) in [5.74, 6) is -1.17. The average Bonchev–Trinajstić information content (AvgIpc) is 2.41. The smallest absolute Gasteiger partial charge is 0.406 e. The molecule has 0 amide bonds. The molecule has 0 unspecified atom stereocenters. The highest BCUT2D eigenvalue weighted by Crippen LogP contribution is 2.25. The van der Waals surface area contributed by atoms with Gasteiger partial charge in [0.25, 0.3) is 0 Å². The molecule has 1 rings (SSSR count). The summed E-state index contributed by atoms with van der Waals surface area (Å²) in [7, 11) is 0. The molecular weight excluding hydrogens is 260 g/mol. The zero-order chi connectivity index (χ0) is 10.9. The summed E-state index contributed by atoms with van der Waals surface area (Å²) in [4.78, 5) is 11.0. The summed E-state index contributed by atoms with van der Waals surface area (Å²) in [6, 6.07) is 0. The van der Waals surface area contributed by atoms with E-state index in [0.717, 1.165) is 6.08 Å². The summed E-state index contributed by atoms with van der Waals surface area (Å²) < 4.78 is 29.7. The zero-order valence-corrected chi connectivity index (χ0v) is 8.55. The lowest BCUT2D eigenvalue weighted by molar-refractivity contribution is 0.0623. The Bertz CT molecular complexity index is 433. The minimum atomic E-state index is -2.96. The number of hydrogen-bond donors (Lipinski definition) is 0. The first-order chi connectivity index (χ1) is 6.49. The molecule has 0 aliphatic rings. The molecule has 1 heterocycles. The summed E-state index contributed by atoms with van der Waals surface area (Å²) >= 11 is 2.94. The van der Waals surface area contributed by atoms with Crippen molar-refractivity contribution in [3.8, 4) is 0 Å². The largest absolute Gasteiger partial charge is 0.424 e. The summed E-state index contributed by atoms with van der Waals surface area (Å²) in [5.41, 5.74) is -0.0909. The van der Waals surface area contributed by atoms with Gasteiger partial charge >= 0.3 is 12.3 Å². The van der Waals surface area contributed by atoms with Crippen molar-refractivity contribution in [2.45, 2.75) is 6.55 Å². The number of aromatic nitrogens is 1. The van der Waals surface area contributed by atoms with Gasteiger partial charge in [0.2, 0.25) is 0 Å². The molecule has 0 radical (unpaired) electrons. The zero-order valence-electron chi connectivity index (χ0n) is 6.97. The lowest BCUT2D eigenvalue weighted by atomic mass is 10.3. The Hall–Kier alpha value is -1.17. The Balaban J connectivity index is 3.51. The molecule has 76 valence electrons. The van der Waals surface area contributed by atoms with Crippen LogP contribution in [0.2, 0.25) is 0 Å². The Labute approximate surface area is 86.5 Å². The Morgan fingerprint density at radius 3 is 2.57 bits per heavy atom. The van der Waals surface area contributed by atoms with Crippen LogP contribution < -0.4 is 5.76 Å². The van der Waals surface area contributed by atoms with Crippen molar-refractivity contribution in [2.24, 2.45) is 0 Å². The fourth-order valence-electron chi connectivity index (χ4n) is 0.967. The molecule has 0 aliphatic carbocycles.